The summed E-state index contributed by atoms with van der Waals surface area (Å²) in [5.74, 6) is 0.580. The minimum absolute atomic E-state index is 0.580. The number of hydrogen-bond acceptors (Lipinski definition) is 4. The van der Waals surface area contributed by atoms with Gasteiger partial charge in [-0.15, -0.1) is 11.3 Å². The SMILES string of the molecule is Nc1nc(Cc2cccs2)cc2cnccc12. The molecule has 0 spiro atoms. The highest BCUT2D eigenvalue weighted by atomic mass is 32.1. The average molecular weight is 241 g/mol. The molecule has 3 rings (SSSR count). The Morgan fingerprint density at radius 2 is 2.24 bits per heavy atom. The van der Waals surface area contributed by atoms with Gasteiger partial charge in [-0.3, -0.25) is 4.98 Å². The number of nitrogen functional groups attached to an aromatic ring is 1. The Bertz CT molecular complexity index is 647. The highest BCUT2D eigenvalue weighted by Crippen LogP contribution is 2.21. The van der Waals surface area contributed by atoms with Gasteiger partial charge in [0.2, 0.25) is 0 Å². The second-order valence-electron chi connectivity index (χ2n) is 3.85. The molecule has 0 unspecified atom stereocenters. The van der Waals surface area contributed by atoms with Gasteiger partial charge < -0.3 is 5.73 Å². The summed E-state index contributed by atoms with van der Waals surface area (Å²) < 4.78 is 0. The lowest BCUT2D eigenvalue weighted by Crippen LogP contribution is -1.97. The summed E-state index contributed by atoms with van der Waals surface area (Å²) in [6.07, 6.45) is 4.39. The molecule has 3 heterocycles. The third-order valence-electron chi connectivity index (χ3n) is 2.65. The predicted octanol–water partition coefficient (Wildman–Crippen LogP) is 2.86. The van der Waals surface area contributed by atoms with Crippen molar-refractivity contribution in [2.24, 2.45) is 0 Å². The zero-order valence-corrected chi connectivity index (χ0v) is 9.95. The molecule has 3 aromatic heterocycles. The van der Waals surface area contributed by atoms with Crippen molar-refractivity contribution in [3.05, 3.63) is 52.6 Å². The molecule has 0 fully saturated rings. The third-order valence-corrected chi connectivity index (χ3v) is 3.53. The fourth-order valence-corrected chi connectivity index (χ4v) is 2.58. The molecule has 3 aromatic rings. The lowest BCUT2D eigenvalue weighted by Gasteiger charge is -2.04. The molecule has 17 heavy (non-hydrogen) atoms. The van der Waals surface area contributed by atoms with Crippen LogP contribution in [0.1, 0.15) is 10.6 Å². The maximum atomic E-state index is 5.95. The van der Waals surface area contributed by atoms with Crippen LogP contribution >= 0.6 is 11.3 Å². The molecular weight excluding hydrogens is 230 g/mol. The van der Waals surface area contributed by atoms with E-state index in [2.05, 4.69) is 27.5 Å². The molecule has 3 nitrogen and oxygen atoms in total. The fraction of sp³-hybridized carbons (Fsp3) is 0.0769. The van der Waals surface area contributed by atoms with Gasteiger partial charge in [0.25, 0.3) is 0 Å². The fourth-order valence-electron chi connectivity index (χ4n) is 1.86. The first-order valence-electron chi connectivity index (χ1n) is 5.34. The van der Waals surface area contributed by atoms with Crippen LogP contribution in [0, 0.1) is 0 Å². The molecule has 0 saturated heterocycles. The Labute approximate surface area is 103 Å². The Balaban J connectivity index is 2.06. The first-order valence-corrected chi connectivity index (χ1v) is 6.22. The van der Waals surface area contributed by atoms with Crippen molar-refractivity contribution in [3.63, 3.8) is 0 Å². The summed E-state index contributed by atoms with van der Waals surface area (Å²) in [5, 5.41) is 4.09. The van der Waals surface area contributed by atoms with Gasteiger partial charge in [-0.25, -0.2) is 4.98 Å². The van der Waals surface area contributed by atoms with Gasteiger partial charge in [0.15, 0.2) is 0 Å². The van der Waals surface area contributed by atoms with Crippen LogP contribution < -0.4 is 5.73 Å². The van der Waals surface area contributed by atoms with E-state index in [1.807, 2.05) is 18.3 Å². The molecule has 0 atom stereocenters. The molecule has 0 aromatic carbocycles. The zero-order valence-electron chi connectivity index (χ0n) is 9.13. The number of aromatic nitrogens is 2. The first kappa shape index (κ1) is 10.2. The van der Waals surface area contributed by atoms with E-state index >= 15 is 0 Å². The number of nitrogens with zero attached hydrogens (tertiary/aromatic N) is 2. The Morgan fingerprint density at radius 3 is 3.06 bits per heavy atom. The van der Waals surface area contributed by atoms with Crippen molar-refractivity contribution in [1.82, 2.24) is 9.97 Å². The van der Waals surface area contributed by atoms with E-state index in [9.17, 15) is 0 Å². The van der Waals surface area contributed by atoms with Gasteiger partial charge in [-0.05, 0) is 23.6 Å². The minimum atomic E-state index is 0.580. The second kappa shape index (κ2) is 4.14. The van der Waals surface area contributed by atoms with Crippen molar-refractivity contribution in [2.45, 2.75) is 6.42 Å². The van der Waals surface area contributed by atoms with Crippen LogP contribution in [0.3, 0.4) is 0 Å². The molecule has 0 aliphatic rings. The van der Waals surface area contributed by atoms with Crippen molar-refractivity contribution < 1.29 is 0 Å². The molecule has 0 radical (unpaired) electrons. The molecule has 4 heteroatoms. The number of thiophene rings is 1. The minimum Gasteiger partial charge on any atom is -0.383 e. The third kappa shape index (κ3) is 1.99. The largest absolute Gasteiger partial charge is 0.383 e. The first-order chi connectivity index (χ1) is 8.33. The quantitative estimate of drug-likeness (QED) is 0.750. The predicted molar refractivity (Wildman–Crippen MR) is 71.1 cm³/mol. The maximum absolute atomic E-state index is 5.95. The van der Waals surface area contributed by atoms with Crippen molar-refractivity contribution in [1.29, 1.82) is 0 Å². The monoisotopic (exact) mass is 241 g/mol. The van der Waals surface area contributed by atoms with E-state index in [4.69, 9.17) is 5.73 Å². The standard InChI is InChI=1S/C13H11N3S/c14-13-12-3-4-15-8-9(12)6-10(16-13)7-11-2-1-5-17-11/h1-6,8H,7H2,(H2,14,16). The molecule has 0 amide bonds. The van der Waals surface area contributed by atoms with Gasteiger partial charge in [-0.1, -0.05) is 6.07 Å². The summed E-state index contributed by atoms with van der Waals surface area (Å²) in [7, 11) is 0. The van der Waals surface area contributed by atoms with Crippen molar-refractivity contribution in [2.75, 3.05) is 5.73 Å². The topological polar surface area (TPSA) is 51.8 Å². The van der Waals surface area contributed by atoms with Gasteiger partial charge in [0.1, 0.15) is 5.82 Å². The van der Waals surface area contributed by atoms with Crippen LogP contribution in [0.25, 0.3) is 10.8 Å². The van der Waals surface area contributed by atoms with E-state index in [0.717, 1.165) is 22.9 Å². The van der Waals surface area contributed by atoms with Crippen LogP contribution in [0.4, 0.5) is 5.82 Å². The Kier molecular flexibility index (Phi) is 2.49. The van der Waals surface area contributed by atoms with E-state index in [1.54, 1.807) is 17.5 Å². The maximum Gasteiger partial charge on any atom is 0.131 e. The Morgan fingerprint density at radius 1 is 1.29 bits per heavy atom. The summed E-state index contributed by atoms with van der Waals surface area (Å²) in [4.78, 5) is 9.84. The molecule has 0 saturated carbocycles. The number of hydrogen-bond donors (Lipinski definition) is 1. The molecule has 0 aliphatic heterocycles. The molecule has 0 aliphatic carbocycles. The number of rotatable bonds is 2. The van der Waals surface area contributed by atoms with Crippen LogP contribution in [0.15, 0.2) is 42.0 Å². The van der Waals surface area contributed by atoms with E-state index in [1.165, 1.54) is 4.88 Å². The summed E-state index contributed by atoms with van der Waals surface area (Å²) >= 11 is 1.73. The van der Waals surface area contributed by atoms with Gasteiger partial charge in [0.05, 0.1) is 0 Å². The highest BCUT2D eigenvalue weighted by molar-refractivity contribution is 7.09. The van der Waals surface area contributed by atoms with E-state index in [0.29, 0.717) is 5.82 Å². The number of anilines is 1. The van der Waals surface area contributed by atoms with Crippen LogP contribution in [0.5, 0.6) is 0 Å². The number of fused-ring (bicyclic) bond motifs is 1. The normalized spacial score (nSPS) is 10.8. The smallest absolute Gasteiger partial charge is 0.131 e. The Hall–Kier alpha value is -1.94. The van der Waals surface area contributed by atoms with Gasteiger partial charge in [0, 0.05) is 40.2 Å². The molecule has 2 N–H and O–H groups in total. The lowest BCUT2D eigenvalue weighted by molar-refractivity contribution is 1.11. The number of pyridine rings is 2. The zero-order chi connectivity index (χ0) is 11.7. The van der Waals surface area contributed by atoms with Gasteiger partial charge >= 0.3 is 0 Å². The number of nitrogens with two attached hydrogens (primary N) is 1. The molecular formula is C13H11N3S. The van der Waals surface area contributed by atoms with Crippen LogP contribution in [-0.4, -0.2) is 9.97 Å². The molecule has 0 bridgehead atoms. The highest BCUT2D eigenvalue weighted by Gasteiger charge is 2.04. The second-order valence-corrected chi connectivity index (χ2v) is 4.88. The summed E-state index contributed by atoms with van der Waals surface area (Å²) in [5.41, 5.74) is 6.94. The van der Waals surface area contributed by atoms with Crippen molar-refractivity contribution >= 4 is 27.9 Å². The van der Waals surface area contributed by atoms with E-state index in [-0.39, 0.29) is 0 Å². The van der Waals surface area contributed by atoms with Crippen LogP contribution in [0.2, 0.25) is 0 Å². The molecule has 84 valence electrons. The van der Waals surface area contributed by atoms with Crippen molar-refractivity contribution in [3.8, 4) is 0 Å². The summed E-state index contributed by atoms with van der Waals surface area (Å²) in [6, 6.07) is 8.10. The average Bonchev–Trinajstić information content (AvgIpc) is 2.82. The van der Waals surface area contributed by atoms with E-state index < -0.39 is 0 Å². The van der Waals surface area contributed by atoms with Gasteiger partial charge in [-0.2, -0.15) is 0 Å². The van der Waals surface area contributed by atoms with Crippen LogP contribution in [-0.2, 0) is 6.42 Å². The lowest BCUT2D eigenvalue weighted by atomic mass is 10.1. The summed E-state index contributed by atoms with van der Waals surface area (Å²) in [6.45, 7) is 0.